The Morgan fingerprint density at radius 3 is 1.29 bits per heavy atom. The monoisotopic (exact) mass is 897 g/mol. The third-order valence-corrected chi connectivity index (χ3v) is 16.4. The highest BCUT2D eigenvalue weighted by Gasteiger charge is 2.46. The van der Waals surface area contributed by atoms with Crippen LogP contribution in [0.1, 0.15) is 121 Å². The van der Waals surface area contributed by atoms with E-state index in [9.17, 15) is 0 Å². The first-order valence-electron chi connectivity index (χ1n) is 25.9. The van der Waals surface area contributed by atoms with Gasteiger partial charge in [0.25, 0.3) is 0 Å². The van der Waals surface area contributed by atoms with Gasteiger partial charge < -0.3 is 19.6 Å². The molecule has 2 aromatic heterocycles. The molecule has 7 heteroatoms. The van der Waals surface area contributed by atoms with Crippen LogP contribution < -0.4 is 9.80 Å². The van der Waals surface area contributed by atoms with Gasteiger partial charge in [-0.1, -0.05) is 148 Å². The number of aromatic nitrogens is 2. The molecular weight excluding hydrogens is 833 g/mol. The number of ketones is 1. The van der Waals surface area contributed by atoms with Crippen LogP contribution in [0, 0.1) is 11.8 Å². The second-order valence-corrected chi connectivity index (χ2v) is 20.5. The fraction of sp³-hybridized carbons (Fsp3) is 0.361. The van der Waals surface area contributed by atoms with E-state index in [4.69, 9.17) is 9.97 Å². The summed E-state index contributed by atoms with van der Waals surface area (Å²) in [5.74, 6) is 1.23. The Balaban J connectivity index is 1.13. The predicted molar refractivity (Wildman–Crippen MR) is 275 cm³/mol. The number of nitrogens with zero attached hydrogens (tertiary/aromatic N) is 6. The first-order valence-corrected chi connectivity index (χ1v) is 25.9. The highest BCUT2D eigenvalue weighted by Crippen LogP contribution is 2.54. The van der Waals surface area contributed by atoms with Gasteiger partial charge >= 0.3 is 0 Å². The normalized spacial score (nSPS) is 21.0. The van der Waals surface area contributed by atoms with Crippen LogP contribution in [0.25, 0.3) is 11.1 Å². The van der Waals surface area contributed by atoms with E-state index in [1.807, 2.05) is 24.8 Å². The summed E-state index contributed by atoms with van der Waals surface area (Å²) in [7, 11) is 0. The van der Waals surface area contributed by atoms with E-state index in [0.29, 0.717) is 11.8 Å². The number of rotatable bonds is 10. The van der Waals surface area contributed by atoms with E-state index in [0.717, 1.165) is 97.2 Å². The molecule has 4 aliphatic heterocycles. The first kappa shape index (κ1) is 42.9. The van der Waals surface area contributed by atoms with Gasteiger partial charge in [0.1, 0.15) is 0 Å². The molecule has 2 fully saturated rings. The molecule has 0 radical (unpaired) electrons. The van der Waals surface area contributed by atoms with Crippen LogP contribution in [0.15, 0.2) is 158 Å². The minimum atomic E-state index is -0.173. The maximum Gasteiger partial charge on any atom is 0.198 e. The van der Waals surface area contributed by atoms with Gasteiger partial charge in [0.2, 0.25) is 0 Å². The number of carbonyl (C=O) groups is 1. The first-order chi connectivity index (χ1) is 33.7. The molecule has 2 aliphatic carbocycles. The third-order valence-electron chi connectivity index (χ3n) is 16.4. The van der Waals surface area contributed by atoms with Gasteiger partial charge in [0.15, 0.2) is 5.78 Å². The topological polar surface area (TPSA) is 55.8 Å². The molecular formula is C61H64N6O. The Labute approximate surface area is 403 Å². The van der Waals surface area contributed by atoms with E-state index in [1.165, 1.54) is 97.6 Å². The van der Waals surface area contributed by atoms with E-state index in [2.05, 4.69) is 141 Å². The van der Waals surface area contributed by atoms with E-state index in [-0.39, 0.29) is 17.9 Å². The van der Waals surface area contributed by atoms with Gasteiger partial charge in [0.05, 0.1) is 34.6 Å². The van der Waals surface area contributed by atoms with Crippen molar-refractivity contribution in [3.63, 3.8) is 0 Å². The van der Waals surface area contributed by atoms with Crippen molar-refractivity contribution >= 4 is 28.3 Å². The molecule has 2 unspecified atom stereocenters. The standard InChI is InChI=1S/C61H64N6O/c68-61(55-51-37-62-33-29-53(51)66(39-43-17-5-1-6-18-43)57(47-23-9-3-10-24-47)59(55)64-35-31-45-21-13-15-27-49(45)41-64)56-52-38-63-34-30-54(52)67(40-44-19-7-2-8-20-44)58(48-25-11-4-12-26-48)60(56)65-36-32-46-22-14-16-28-50(46)42-65/h3-4,9-16,21-30,33-34,37-38,43-44,57-58H,1-2,5-8,17-20,31-32,35-36,39-42H2. The van der Waals surface area contributed by atoms with Crippen LogP contribution in [0.2, 0.25) is 0 Å². The van der Waals surface area contributed by atoms with Crippen LogP contribution in [-0.2, 0) is 30.7 Å². The number of pyridine rings is 2. The van der Waals surface area contributed by atoms with Crippen molar-refractivity contribution in [1.82, 2.24) is 19.8 Å². The quantitative estimate of drug-likeness (QED) is 0.136. The second kappa shape index (κ2) is 18.9. The average Bonchev–Trinajstić information content (AvgIpc) is 3.41. The molecule has 344 valence electrons. The highest BCUT2D eigenvalue weighted by molar-refractivity contribution is 6.44. The van der Waals surface area contributed by atoms with Crippen molar-refractivity contribution in [3.8, 4) is 0 Å². The Bertz CT molecular complexity index is 2650. The van der Waals surface area contributed by atoms with E-state index in [1.54, 1.807) is 0 Å². The summed E-state index contributed by atoms with van der Waals surface area (Å²) < 4.78 is 0. The minimum absolute atomic E-state index is 0.0766. The van der Waals surface area contributed by atoms with Gasteiger partial charge in [-0.15, -0.1) is 0 Å². The maximum absolute atomic E-state index is 17.4. The summed E-state index contributed by atoms with van der Waals surface area (Å²) in [4.78, 5) is 37.7. The molecule has 68 heavy (non-hydrogen) atoms. The molecule has 2 atom stereocenters. The molecule has 6 aromatic rings. The Morgan fingerprint density at radius 2 is 0.868 bits per heavy atom. The molecule has 6 aliphatic rings. The van der Waals surface area contributed by atoms with Crippen LogP contribution in [0.4, 0.5) is 11.4 Å². The van der Waals surface area contributed by atoms with Gasteiger partial charge in [0, 0.05) is 86.6 Å². The van der Waals surface area contributed by atoms with E-state index >= 15 is 4.79 Å². The number of hydrogen-bond acceptors (Lipinski definition) is 7. The van der Waals surface area contributed by atoms with Crippen LogP contribution in [0.5, 0.6) is 0 Å². The minimum Gasteiger partial charge on any atom is -0.368 e. The third kappa shape index (κ3) is 8.01. The lowest BCUT2D eigenvalue weighted by Gasteiger charge is -2.49. The van der Waals surface area contributed by atoms with Gasteiger partial charge in [-0.2, -0.15) is 0 Å². The van der Waals surface area contributed by atoms with E-state index < -0.39 is 0 Å². The molecule has 2 saturated carbocycles. The number of benzene rings is 4. The molecule has 0 spiro atoms. The predicted octanol–water partition coefficient (Wildman–Crippen LogP) is 12.6. The lowest BCUT2D eigenvalue weighted by Crippen LogP contribution is -2.46. The Hall–Kier alpha value is -6.47. The van der Waals surface area contributed by atoms with Gasteiger partial charge in [-0.3, -0.25) is 14.8 Å². The van der Waals surface area contributed by atoms with Crippen molar-refractivity contribution in [3.05, 3.63) is 202 Å². The van der Waals surface area contributed by atoms with Crippen molar-refractivity contribution in [2.24, 2.45) is 11.8 Å². The Kier molecular flexibility index (Phi) is 11.9. The SMILES string of the molecule is O=C(C1=C(N2CCc3ccccc3C2)C(c2ccccc2)N(CC2CCCCC2)c2ccncc21)C1=C(N2CCc3ccccc3C2)C(c2ccccc2)N(CC2CCCCC2)c2ccncc21. The molecule has 4 aromatic carbocycles. The van der Waals surface area contributed by atoms with Crippen molar-refractivity contribution in [2.75, 3.05) is 36.0 Å². The second-order valence-electron chi connectivity index (χ2n) is 20.5. The average molecular weight is 897 g/mol. The van der Waals surface area contributed by atoms with Crippen molar-refractivity contribution in [2.45, 2.75) is 102 Å². The molecule has 0 bridgehead atoms. The number of Topliss-reactive ketones (excluding diaryl/α,β-unsaturated/α-hetero) is 1. The maximum atomic E-state index is 17.4. The molecule has 0 amide bonds. The zero-order valence-corrected chi connectivity index (χ0v) is 39.5. The fourth-order valence-corrected chi connectivity index (χ4v) is 13.1. The van der Waals surface area contributed by atoms with Crippen LogP contribution in [-0.4, -0.2) is 51.7 Å². The number of allylic oxidation sites excluding steroid dienone is 2. The molecule has 0 saturated heterocycles. The summed E-state index contributed by atoms with van der Waals surface area (Å²) in [6.45, 7) is 5.01. The summed E-state index contributed by atoms with van der Waals surface area (Å²) in [5, 5.41) is 0. The van der Waals surface area contributed by atoms with Crippen LogP contribution in [0.3, 0.4) is 0 Å². The summed E-state index contributed by atoms with van der Waals surface area (Å²) in [5.41, 5.74) is 15.8. The zero-order valence-electron chi connectivity index (χ0n) is 39.5. The molecule has 12 rings (SSSR count). The van der Waals surface area contributed by atoms with Gasteiger partial charge in [-0.25, -0.2) is 0 Å². The molecule has 7 nitrogen and oxygen atoms in total. The molecule has 6 heterocycles. The van der Waals surface area contributed by atoms with Gasteiger partial charge in [-0.05, 0) is 95.9 Å². The summed E-state index contributed by atoms with van der Waals surface area (Å²) in [6, 6.07) is 44.1. The lowest BCUT2D eigenvalue weighted by molar-refractivity contribution is -0.109. The number of fused-ring (bicyclic) bond motifs is 4. The number of carbonyl (C=O) groups excluding carboxylic acids is 1. The number of hydrogen-bond donors (Lipinski definition) is 0. The van der Waals surface area contributed by atoms with Crippen LogP contribution >= 0.6 is 0 Å². The molecule has 0 N–H and O–H groups in total. The van der Waals surface area contributed by atoms with Crippen molar-refractivity contribution < 1.29 is 4.79 Å². The Morgan fingerprint density at radius 1 is 0.471 bits per heavy atom. The highest BCUT2D eigenvalue weighted by atomic mass is 16.1. The fourth-order valence-electron chi connectivity index (χ4n) is 13.1. The summed E-state index contributed by atoms with van der Waals surface area (Å²) in [6.07, 6.45) is 22.4. The largest absolute Gasteiger partial charge is 0.368 e. The smallest absolute Gasteiger partial charge is 0.198 e. The zero-order chi connectivity index (χ0) is 45.4. The number of anilines is 2. The lowest BCUT2D eigenvalue weighted by atomic mass is 9.78. The summed E-state index contributed by atoms with van der Waals surface area (Å²) >= 11 is 0. The van der Waals surface area contributed by atoms with Crippen molar-refractivity contribution in [1.29, 1.82) is 0 Å².